The Balaban J connectivity index is 1.92. The summed E-state index contributed by atoms with van der Waals surface area (Å²) in [6, 6.07) is 6.70. The van der Waals surface area contributed by atoms with Gasteiger partial charge in [0.25, 0.3) is 10.1 Å². The van der Waals surface area contributed by atoms with Crippen molar-refractivity contribution in [2.75, 3.05) is 13.7 Å². The third kappa shape index (κ3) is 6.06. The molecule has 1 fully saturated rings. The molecule has 0 aromatic heterocycles. The number of ether oxygens (including phenoxy) is 2. The zero-order valence-corrected chi connectivity index (χ0v) is 16.3. The number of unbranched alkanes of at least 4 members (excludes halogenated alkanes) is 3. The van der Waals surface area contributed by atoms with Crippen LogP contribution in [0, 0.1) is 12.8 Å². The van der Waals surface area contributed by atoms with Gasteiger partial charge in [-0.3, -0.25) is 4.18 Å². The van der Waals surface area contributed by atoms with E-state index in [9.17, 15) is 8.42 Å². The lowest BCUT2D eigenvalue weighted by Gasteiger charge is -2.18. The molecule has 1 aliphatic rings. The fourth-order valence-electron chi connectivity index (χ4n) is 3.11. The van der Waals surface area contributed by atoms with E-state index in [0.29, 0.717) is 6.42 Å². The van der Waals surface area contributed by atoms with Crippen molar-refractivity contribution < 1.29 is 22.1 Å². The van der Waals surface area contributed by atoms with Gasteiger partial charge in [-0.25, -0.2) is 0 Å². The number of hydrogen-bond acceptors (Lipinski definition) is 5. The molecule has 0 bridgehead atoms. The monoisotopic (exact) mass is 370 g/mol. The van der Waals surface area contributed by atoms with E-state index in [4.69, 9.17) is 13.7 Å². The minimum atomic E-state index is -3.74. The van der Waals surface area contributed by atoms with Gasteiger partial charge in [0.05, 0.1) is 17.6 Å². The molecule has 0 amide bonds. The first-order valence-corrected chi connectivity index (χ1v) is 10.5. The highest BCUT2D eigenvalue weighted by Gasteiger charge is 2.36. The number of hydrogen-bond donors (Lipinski definition) is 0. The first kappa shape index (κ1) is 20.4. The van der Waals surface area contributed by atoms with Crippen molar-refractivity contribution in [2.24, 2.45) is 5.92 Å². The first-order valence-electron chi connectivity index (χ1n) is 9.10. The standard InChI is InChI=1S/C19H30O5S/c1-4-5-6-7-8-18-16(13-19(22-3)24-18)14-23-25(20,21)17-11-9-15(2)10-12-17/h9-12,16,18-19H,4-8,13-14H2,1-3H3/t16-,18+,19-/m0/s1. The first-order chi connectivity index (χ1) is 12.0. The molecule has 1 aliphatic heterocycles. The molecule has 0 saturated carbocycles. The molecule has 1 aromatic rings. The third-order valence-corrected chi connectivity index (χ3v) is 6.00. The average molecular weight is 371 g/mol. The molecule has 1 heterocycles. The molecule has 2 rings (SSSR count). The summed E-state index contributed by atoms with van der Waals surface area (Å²) in [5.41, 5.74) is 1.01. The predicted octanol–water partition coefficient (Wildman–Crippen LogP) is 4.05. The van der Waals surface area contributed by atoms with Crippen molar-refractivity contribution in [3.8, 4) is 0 Å². The molecule has 0 aliphatic carbocycles. The second kappa shape index (κ2) is 9.67. The average Bonchev–Trinajstić information content (AvgIpc) is 3.00. The molecule has 0 radical (unpaired) electrons. The van der Waals surface area contributed by atoms with Gasteiger partial charge in [0.1, 0.15) is 0 Å². The van der Waals surface area contributed by atoms with Crippen molar-refractivity contribution in [3.05, 3.63) is 29.8 Å². The lowest BCUT2D eigenvalue weighted by molar-refractivity contribution is -0.117. The van der Waals surface area contributed by atoms with Crippen molar-refractivity contribution in [1.29, 1.82) is 0 Å². The van der Waals surface area contributed by atoms with Crippen LogP contribution in [0.3, 0.4) is 0 Å². The van der Waals surface area contributed by atoms with Gasteiger partial charge >= 0.3 is 0 Å². The summed E-state index contributed by atoms with van der Waals surface area (Å²) >= 11 is 0. The summed E-state index contributed by atoms with van der Waals surface area (Å²) in [4.78, 5) is 0.194. The second-order valence-electron chi connectivity index (χ2n) is 6.74. The summed E-state index contributed by atoms with van der Waals surface area (Å²) in [5, 5.41) is 0. The fraction of sp³-hybridized carbons (Fsp3) is 0.684. The molecule has 6 heteroatoms. The van der Waals surface area contributed by atoms with Gasteiger partial charge in [-0.1, -0.05) is 50.3 Å². The molecule has 142 valence electrons. The highest BCUT2D eigenvalue weighted by Crippen LogP contribution is 2.31. The Labute approximate surface area is 151 Å². The maximum Gasteiger partial charge on any atom is 0.296 e. The van der Waals surface area contributed by atoms with Crippen LogP contribution >= 0.6 is 0 Å². The zero-order chi connectivity index (χ0) is 18.3. The Morgan fingerprint density at radius 3 is 2.52 bits per heavy atom. The minimum absolute atomic E-state index is 0.00461. The van der Waals surface area contributed by atoms with Crippen LogP contribution in [0.2, 0.25) is 0 Å². The van der Waals surface area contributed by atoms with E-state index >= 15 is 0 Å². The van der Waals surface area contributed by atoms with E-state index in [-0.39, 0.29) is 29.8 Å². The van der Waals surface area contributed by atoms with E-state index in [1.807, 2.05) is 6.92 Å². The van der Waals surface area contributed by atoms with E-state index in [1.54, 1.807) is 31.4 Å². The predicted molar refractivity (Wildman–Crippen MR) is 96.9 cm³/mol. The maximum atomic E-state index is 12.4. The largest absolute Gasteiger partial charge is 0.356 e. The number of benzene rings is 1. The lowest BCUT2D eigenvalue weighted by Crippen LogP contribution is -2.23. The highest BCUT2D eigenvalue weighted by atomic mass is 32.2. The summed E-state index contributed by atoms with van der Waals surface area (Å²) in [6.07, 6.45) is 5.95. The molecule has 5 nitrogen and oxygen atoms in total. The van der Waals surface area contributed by atoms with E-state index in [0.717, 1.165) is 18.4 Å². The number of rotatable bonds is 10. The van der Waals surface area contributed by atoms with E-state index in [1.165, 1.54) is 19.3 Å². The minimum Gasteiger partial charge on any atom is -0.356 e. The zero-order valence-electron chi connectivity index (χ0n) is 15.4. The van der Waals surface area contributed by atoms with Gasteiger partial charge in [0, 0.05) is 19.4 Å². The summed E-state index contributed by atoms with van der Waals surface area (Å²) < 4.78 is 41.2. The third-order valence-electron chi connectivity index (χ3n) is 4.70. The van der Waals surface area contributed by atoms with Gasteiger partial charge in [0.15, 0.2) is 6.29 Å². The summed E-state index contributed by atoms with van der Waals surface area (Å²) in [6.45, 7) is 4.23. The van der Waals surface area contributed by atoms with Crippen LogP contribution in [0.1, 0.15) is 51.0 Å². The van der Waals surface area contributed by atoms with Gasteiger partial charge in [0.2, 0.25) is 0 Å². The molecule has 0 spiro atoms. The van der Waals surface area contributed by atoms with Crippen LogP contribution in [-0.4, -0.2) is 34.5 Å². The normalized spacial score (nSPS) is 23.9. The highest BCUT2D eigenvalue weighted by molar-refractivity contribution is 7.86. The van der Waals surface area contributed by atoms with Crippen LogP contribution in [0.5, 0.6) is 0 Å². The van der Waals surface area contributed by atoms with Crippen molar-refractivity contribution in [1.82, 2.24) is 0 Å². The van der Waals surface area contributed by atoms with Crippen molar-refractivity contribution in [3.63, 3.8) is 0 Å². The summed E-state index contributed by atoms with van der Waals surface area (Å²) in [7, 11) is -2.12. The molecule has 1 aromatic carbocycles. The molecule has 25 heavy (non-hydrogen) atoms. The molecule has 0 N–H and O–H groups in total. The number of aryl methyl sites for hydroxylation is 1. The topological polar surface area (TPSA) is 61.8 Å². The van der Waals surface area contributed by atoms with Crippen LogP contribution < -0.4 is 0 Å². The molecular formula is C19H30O5S. The van der Waals surface area contributed by atoms with Crippen LogP contribution in [0.15, 0.2) is 29.2 Å². The fourth-order valence-corrected chi connectivity index (χ4v) is 4.07. The van der Waals surface area contributed by atoms with Gasteiger partial charge in [-0.2, -0.15) is 8.42 Å². The maximum absolute atomic E-state index is 12.4. The van der Waals surface area contributed by atoms with Gasteiger partial charge < -0.3 is 9.47 Å². The summed E-state index contributed by atoms with van der Waals surface area (Å²) in [5.74, 6) is 0.0341. The van der Waals surface area contributed by atoms with Crippen LogP contribution in [-0.2, 0) is 23.8 Å². The Morgan fingerprint density at radius 2 is 1.88 bits per heavy atom. The smallest absolute Gasteiger partial charge is 0.296 e. The van der Waals surface area contributed by atoms with Gasteiger partial charge in [-0.05, 0) is 25.5 Å². The van der Waals surface area contributed by atoms with Crippen molar-refractivity contribution >= 4 is 10.1 Å². The quantitative estimate of drug-likeness (QED) is 0.459. The number of methoxy groups -OCH3 is 1. The lowest BCUT2D eigenvalue weighted by atomic mass is 9.97. The van der Waals surface area contributed by atoms with E-state index < -0.39 is 10.1 Å². The molecular weight excluding hydrogens is 340 g/mol. The molecule has 1 saturated heterocycles. The SMILES string of the molecule is CCCCCC[C@H]1O[C@H](OC)C[C@H]1COS(=O)(=O)c1ccc(C)cc1. The van der Waals surface area contributed by atoms with Crippen LogP contribution in [0.25, 0.3) is 0 Å². The molecule has 3 atom stereocenters. The van der Waals surface area contributed by atoms with Gasteiger partial charge in [-0.15, -0.1) is 0 Å². The van der Waals surface area contributed by atoms with E-state index in [2.05, 4.69) is 6.92 Å². The van der Waals surface area contributed by atoms with Crippen LogP contribution in [0.4, 0.5) is 0 Å². The molecule has 0 unspecified atom stereocenters. The second-order valence-corrected chi connectivity index (χ2v) is 8.35. The Bertz CT molecular complexity index is 611. The Morgan fingerprint density at radius 1 is 1.16 bits per heavy atom. The van der Waals surface area contributed by atoms with Crippen molar-refractivity contribution in [2.45, 2.75) is 69.7 Å². The Hall–Kier alpha value is -0.950. The Kier molecular flexibility index (Phi) is 7.87.